The summed E-state index contributed by atoms with van der Waals surface area (Å²) in [7, 11) is 1.73. The lowest BCUT2D eigenvalue weighted by Gasteiger charge is -2.34. The molecule has 1 aromatic carbocycles. The summed E-state index contributed by atoms with van der Waals surface area (Å²) >= 11 is 0. The number of carbonyl (C=O) groups excluding carboxylic acids is 1. The van der Waals surface area contributed by atoms with Gasteiger partial charge < -0.3 is 9.64 Å². The first kappa shape index (κ1) is 16.6. The maximum atomic E-state index is 12.6. The van der Waals surface area contributed by atoms with Crippen molar-refractivity contribution in [2.24, 2.45) is 0 Å². The number of ether oxygens (including phenoxy) is 1. The number of piperazine rings is 1. The summed E-state index contributed by atoms with van der Waals surface area (Å²) in [6, 6.07) is 7.49. The van der Waals surface area contributed by atoms with Crippen LogP contribution in [0.15, 0.2) is 36.7 Å². The molecule has 7 heteroatoms. The Hall–Kier alpha value is -2.25. The van der Waals surface area contributed by atoms with Crippen molar-refractivity contribution < 1.29 is 9.53 Å². The zero-order valence-corrected chi connectivity index (χ0v) is 14.0. The number of methoxy groups -OCH3 is 1. The summed E-state index contributed by atoms with van der Waals surface area (Å²) in [4.78, 5) is 16.9. The van der Waals surface area contributed by atoms with Crippen LogP contribution in [0, 0.1) is 0 Å². The fraction of sp³-hybridized carbons (Fsp3) is 0.471. The molecule has 0 saturated carbocycles. The first-order valence-corrected chi connectivity index (χ1v) is 8.25. The molecule has 1 fully saturated rings. The van der Waals surface area contributed by atoms with Gasteiger partial charge in [-0.25, -0.2) is 4.68 Å². The molecule has 1 aliphatic rings. The molecule has 0 spiro atoms. The number of nitrogens with zero attached hydrogens (tertiary/aromatic N) is 5. The molecule has 2 aromatic rings. The summed E-state index contributed by atoms with van der Waals surface area (Å²) in [5.41, 5.74) is 1.61. The van der Waals surface area contributed by atoms with Crippen molar-refractivity contribution in [3.8, 4) is 5.69 Å². The van der Waals surface area contributed by atoms with Gasteiger partial charge in [-0.15, -0.1) is 5.10 Å². The van der Waals surface area contributed by atoms with Crippen molar-refractivity contribution in [2.75, 3.05) is 46.4 Å². The number of hydrogen-bond donors (Lipinski definition) is 0. The fourth-order valence-corrected chi connectivity index (χ4v) is 2.89. The van der Waals surface area contributed by atoms with Gasteiger partial charge in [0.05, 0.1) is 18.1 Å². The Kier molecular flexibility index (Phi) is 5.55. The van der Waals surface area contributed by atoms with Gasteiger partial charge in [-0.1, -0.05) is 5.21 Å². The Morgan fingerprint density at radius 2 is 1.92 bits per heavy atom. The van der Waals surface area contributed by atoms with Crippen LogP contribution in [0.4, 0.5) is 0 Å². The van der Waals surface area contributed by atoms with E-state index < -0.39 is 0 Å². The van der Waals surface area contributed by atoms with E-state index in [1.54, 1.807) is 24.2 Å². The molecule has 1 saturated heterocycles. The van der Waals surface area contributed by atoms with Crippen molar-refractivity contribution in [2.45, 2.75) is 6.42 Å². The number of rotatable bonds is 6. The molecule has 1 aliphatic heterocycles. The van der Waals surface area contributed by atoms with Crippen molar-refractivity contribution >= 4 is 5.91 Å². The lowest BCUT2D eigenvalue weighted by atomic mass is 10.1. The Labute approximate surface area is 141 Å². The highest BCUT2D eigenvalue weighted by molar-refractivity contribution is 5.94. The number of carbonyl (C=O) groups is 1. The Balaban J connectivity index is 1.54. The summed E-state index contributed by atoms with van der Waals surface area (Å²) in [5, 5.41) is 7.74. The van der Waals surface area contributed by atoms with E-state index in [0.29, 0.717) is 5.56 Å². The largest absolute Gasteiger partial charge is 0.385 e. The molecule has 0 unspecified atom stereocenters. The highest BCUT2D eigenvalue weighted by atomic mass is 16.5. The summed E-state index contributed by atoms with van der Waals surface area (Å²) in [6.07, 6.45) is 4.44. The van der Waals surface area contributed by atoms with Crippen LogP contribution in [0.5, 0.6) is 0 Å². The lowest BCUT2D eigenvalue weighted by Crippen LogP contribution is -2.48. The second kappa shape index (κ2) is 8.03. The predicted molar refractivity (Wildman–Crippen MR) is 90.2 cm³/mol. The van der Waals surface area contributed by atoms with Crippen LogP contribution in [0.3, 0.4) is 0 Å². The van der Waals surface area contributed by atoms with Crippen molar-refractivity contribution in [1.29, 1.82) is 0 Å². The smallest absolute Gasteiger partial charge is 0.253 e. The average molecular weight is 329 g/mol. The van der Waals surface area contributed by atoms with Gasteiger partial charge in [0.1, 0.15) is 0 Å². The molecule has 0 atom stereocenters. The summed E-state index contributed by atoms with van der Waals surface area (Å²) in [6.45, 7) is 5.21. The molecule has 0 N–H and O–H groups in total. The maximum absolute atomic E-state index is 12.6. The van der Waals surface area contributed by atoms with Gasteiger partial charge in [-0.3, -0.25) is 9.69 Å². The topological polar surface area (TPSA) is 63.5 Å². The zero-order valence-electron chi connectivity index (χ0n) is 14.0. The minimum Gasteiger partial charge on any atom is -0.385 e. The normalized spacial score (nSPS) is 15.6. The van der Waals surface area contributed by atoms with E-state index in [2.05, 4.69) is 15.2 Å². The molecule has 1 aromatic heterocycles. The minimum atomic E-state index is 0.0941. The van der Waals surface area contributed by atoms with E-state index >= 15 is 0 Å². The quantitative estimate of drug-likeness (QED) is 0.742. The number of benzene rings is 1. The van der Waals surface area contributed by atoms with Crippen molar-refractivity contribution in [3.63, 3.8) is 0 Å². The van der Waals surface area contributed by atoms with E-state index in [1.165, 1.54) is 0 Å². The number of hydrogen-bond acceptors (Lipinski definition) is 5. The molecule has 128 valence electrons. The van der Waals surface area contributed by atoms with Gasteiger partial charge in [0.2, 0.25) is 0 Å². The monoisotopic (exact) mass is 329 g/mol. The molecular formula is C17H23N5O2. The minimum absolute atomic E-state index is 0.0941. The van der Waals surface area contributed by atoms with Crippen LogP contribution in [-0.2, 0) is 4.74 Å². The first-order chi connectivity index (χ1) is 11.8. The predicted octanol–water partition coefficient (Wildman–Crippen LogP) is 1.06. The molecule has 0 radical (unpaired) electrons. The molecule has 1 amide bonds. The van der Waals surface area contributed by atoms with Crippen molar-refractivity contribution in [1.82, 2.24) is 24.8 Å². The van der Waals surface area contributed by atoms with E-state index in [4.69, 9.17) is 4.74 Å². The number of amides is 1. The van der Waals surface area contributed by atoms with Gasteiger partial charge in [-0.2, -0.15) is 0 Å². The maximum Gasteiger partial charge on any atom is 0.253 e. The van der Waals surface area contributed by atoms with E-state index in [9.17, 15) is 4.79 Å². The van der Waals surface area contributed by atoms with Crippen LogP contribution in [-0.4, -0.2) is 77.1 Å². The van der Waals surface area contributed by atoms with Gasteiger partial charge in [0.15, 0.2) is 0 Å². The average Bonchev–Trinajstić information content (AvgIpc) is 3.17. The van der Waals surface area contributed by atoms with Gasteiger partial charge in [0.25, 0.3) is 5.91 Å². The highest BCUT2D eigenvalue weighted by Crippen LogP contribution is 2.12. The SMILES string of the molecule is COCCCN1CCN(C(=O)c2ccc(-n3ccnn3)cc2)CC1. The standard InChI is InChI=1S/C17H23N5O2/c1-24-14-2-8-20-10-12-21(13-11-20)17(23)15-3-5-16(6-4-15)22-9-7-18-19-22/h3-7,9H,2,8,10-14H2,1H3. The third-order valence-electron chi connectivity index (χ3n) is 4.28. The molecule has 0 bridgehead atoms. The fourth-order valence-electron chi connectivity index (χ4n) is 2.89. The van der Waals surface area contributed by atoms with Crippen LogP contribution in [0.25, 0.3) is 5.69 Å². The lowest BCUT2D eigenvalue weighted by molar-refractivity contribution is 0.0624. The Morgan fingerprint density at radius 3 is 2.54 bits per heavy atom. The molecule has 24 heavy (non-hydrogen) atoms. The third-order valence-corrected chi connectivity index (χ3v) is 4.28. The first-order valence-electron chi connectivity index (χ1n) is 8.25. The Morgan fingerprint density at radius 1 is 1.17 bits per heavy atom. The second-order valence-electron chi connectivity index (χ2n) is 5.87. The van der Waals surface area contributed by atoms with E-state index in [1.807, 2.05) is 29.2 Å². The third kappa shape index (κ3) is 3.98. The van der Waals surface area contributed by atoms with E-state index in [0.717, 1.165) is 51.4 Å². The molecule has 3 rings (SSSR count). The van der Waals surface area contributed by atoms with Crippen LogP contribution < -0.4 is 0 Å². The van der Waals surface area contributed by atoms with Gasteiger partial charge >= 0.3 is 0 Å². The molecule has 0 aliphatic carbocycles. The van der Waals surface area contributed by atoms with Crippen LogP contribution >= 0.6 is 0 Å². The summed E-state index contributed by atoms with van der Waals surface area (Å²) < 4.78 is 6.76. The number of aromatic nitrogens is 3. The van der Waals surface area contributed by atoms with Gasteiger partial charge in [0, 0.05) is 52.0 Å². The molecular weight excluding hydrogens is 306 g/mol. The molecule has 7 nitrogen and oxygen atoms in total. The zero-order chi connectivity index (χ0) is 16.8. The van der Waals surface area contributed by atoms with Crippen LogP contribution in [0.2, 0.25) is 0 Å². The van der Waals surface area contributed by atoms with Crippen molar-refractivity contribution in [3.05, 3.63) is 42.2 Å². The Bertz CT molecular complexity index is 634. The van der Waals surface area contributed by atoms with Crippen LogP contribution in [0.1, 0.15) is 16.8 Å². The van der Waals surface area contributed by atoms with E-state index in [-0.39, 0.29) is 5.91 Å². The second-order valence-corrected chi connectivity index (χ2v) is 5.87. The highest BCUT2D eigenvalue weighted by Gasteiger charge is 2.21. The summed E-state index contributed by atoms with van der Waals surface area (Å²) in [5.74, 6) is 0.0941. The van der Waals surface area contributed by atoms with Gasteiger partial charge in [-0.05, 0) is 30.7 Å². The molecule has 2 heterocycles.